The fourth-order valence-corrected chi connectivity index (χ4v) is 2.86. The molecule has 4 rings (SSSR count). The van der Waals surface area contributed by atoms with Crippen LogP contribution >= 0.6 is 0 Å². The molecule has 4 aromatic rings. The fourth-order valence-electron chi connectivity index (χ4n) is 2.86. The van der Waals surface area contributed by atoms with E-state index in [1.165, 1.54) is 0 Å². The number of hydrogen-bond donors (Lipinski definition) is 0. The van der Waals surface area contributed by atoms with Gasteiger partial charge < -0.3 is 4.74 Å². The molecule has 0 aliphatic heterocycles. The van der Waals surface area contributed by atoms with Crippen LogP contribution in [0, 0.1) is 0 Å². The number of aromatic nitrogens is 3. The molecule has 0 bridgehead atoms. The second-order valence-corrected chi connectivity index (χ2v) is 6.27. The number of hydrogen-bond acceptors (Lipinski definition) is 3. The second kappa shape index (κ2) is 6.40. The third-order valence-corrected chi connectivity index (χ3v) is 4.03. The van der Waals surface area contributed by atoms with Crippen LogP contribution in [-0.2, 0) is 0 Å². The molecular formula is C21H19N3O. The summed E-state index contributed by atoms with van der Waals surface area (Å²) in [5.74, 6) is 0.898. The average Bonchev–Trinajstić information content (AvgIpc) is 3.12. The van der Waals surface area contributed by atoms with Crippen molar-refractivity contribution in [2.45, 2.75) is 20.0 Å². The van der Waals surface area contributed by atoms with Crippen LogP contribution in [0.15, 0.2) is 73.3 Å². The van der Waals surface area contributed by atoms with E-state index in [1.54, 1.807) is 12.4 Å². The average molecular weight is 329 g/mol. The van der Waals surface area contributed by atoms with Crippen LogP contribution in [0.5, 0.6) is 5.75 Å². The number of rotatable bonds is 4. The minimum Gasteiger partial charge on any atom is -0.491 e. The number of ether oxygens (including phenoxy) is 1. The molecule has 124 valence electrons. The molecule has 2 aromatic heterocycles. The molecule has 0 amide bonds. The highest BCUT2D eigenvalue weighted by Crippen LogP contribution is 2.25. The van der Waals surface area contributed by atoms with Crippen molar-refractivity contribution >= 4 is 10.8 Å². The minimum atomic E-state index is 0.174. The Morgan fingerprint density at radius 2 is 1.64 bits per heavy atom. The van der Waals surface area contributed by atoms with E-state index in [4.69, 9.17) is 4.74 Å². The zero-order chi connectivity index (χ0) is 17.2. The van der Waals surface area contributed by atoms with E-state index < -0.39 is 0 Å². The van der Waals surface area contributed by atoms with Gasteiger partial charge in [-0.2, -0.15) is 5.10 Å². The molecule has 0 saturated heterocycles. The van der Waals surface area contributed by atoms with Crippen LogP contribution in [-0.4, -0.2) is 20.9 Å². The lowest BCUT2D eigenvalue weighted by Gasteiger charge is -2.11. The summed E-state index contributed by atoms with van der Waals surface area (Å²) in [4.78, 5) is 4.06. The van der Waals surface area contributed by atoms with E-state index in [-0.39, 0.29) is 6.10 Å². The lowest BCUT2D eigenvalue weighted by molar-refractivity contribution is 0.243. The standard InChI is InChI=1S/C21H19N3O/c1-15(2)25-21-6-4-17-11-20(5-3-18(17)12-21)24-14-19(13-23-24)16-7-9-22-10-8-16/h3-15H,1-2H3. The van der Waals surface area contributed by atoms with E-state index in [2.05, 4.69) is 40.4 Å². The Balaban J connectivity index is 1.67. The zero-order valence-electron chi connectivity index (χ0n) is 14.3. The first-order valence-corrected chi connectivity index (χ1v) is 8.35. The third kappa shape index (κ3) is 3.24. The van der Waals surface area contributed by atoms with Gasteiger partial charge in [0.2, 0.25) is 0 Å². The molecule has 4 heteroatoms. The van der Waals surface area contributed by atoms with Gasteiger partial charge in [-0.1, -0.05) is 12.1 Å². The normalized spacial score (nSPS) is 11.2. The Kier molecular flexibility index (Phi) is 3.94. The van der Waals surface area contributed by atoms with Crippen molar-refractivity contribution in [3.63, 3.8) is 0 Å². The Bertz CT molecular complexity index is 1010. The SMILES string of the molecule is CC(C)Oc1ccc2cc(-n3cc(-c4ccncc4)cn3)ccc2c1. The maximum Gasteiger partial charge on any atom is 0.120 e. The summed E-state index contributed by atoms with van der Waals surface area (Å²) < 4.78 is 7.66. The number of pyridine rings is 1. The maximum absolute atomic E-state index is 5.77. The Morgan fingerprint density at radius 3 is 2.44 bits per heavy atom. The largest absolute Gasteiger partial charge is 0.491 e. The van der Waals surface area contributed by atoms with Gasteiger partial charge in [-0.3, -0.25) is 4.98 Å². The van der Waals surface area contributed by atoms with E-state index >= 15 is 0 Å². The summed E-state index contributed by atoms with van der Waals surface area (Å²) in [7, 11) is 0. The smallest absolute Gasteiger partial charge is 0.120 e. The molecule has 0 radical (unpaired) electrons. The van der Waals surface area contributed by atoms with Gasteiger partial charge in [-0.25, -0.2) is 4.68 Å². The van der Waals surface area contributed by atoms with Gasteiger partial charge in [0.15, 0.2) is 0 Å². The molecule has 0 aliphatic rings. The zero-order valence-corrected chi connectivity index (χ0v) is 14.3. The van der Waals surface area contributed by atoms with Crippen LogP contribution < -0.4 is 4.74 Å². The van der Waals surface area contributed by atoms with Crippen molar-refractivity contribution in [1.82, 2.24) is 14.8 Å². The first kappa shape index (κ1) is 15.4. The predicted octanol–water partition coefficient (Wildman–Crippen LogP) is 4.87. The first-order valence-electron chi connectivity index (χ1n) is 8.35. The Morgan fingerprint density at radius 1 is 0.880 bits per heavy atom. The van der Waals surface area contributed by atoms with Gasteiger partial charge in [0.25, 0.3) is 0 Å². The molecule has 0 atom stereocenters. The quantitative estimate of drug-likeness (QED) is 0.536. The van der Waals surface area contributed by atoms with E-state index in [0.29, 0.717) is 0 Å². The summed E-state index contributed by atoms with van der Waals surface area (Å²) in [6.45, 7) is 4.07. The Hall–Kier alpha value is -3.14. The topological polar surface area (TPSA) is 39.9 Å². The first-order chi connectivity index (χ1) is 12.2. The van der Waals surface area contributed by atoms with Crippen LogP contribution in [0.4, 0.5) is 0 Å². The van der Waals surface area contributed by atoms with Crippen molar-refractivity contribution < 1.29 is 4.74 Å². The van der Waals surface area contributed by atoms with Crippen LogP contribution in [0.25, 0.3) is 27.6 Å². The van der Waals surface area contributed by atoms with E-state index in [0.717, 1.165) is 33.3 Å². The summed E-state index contributed by atoms with van der Waals surface area (Å²) in [5, 5.41) is 6.82. The van der Waals surface area contributed by atoms with Crippen molar-refractivity contribution in [3.05, 3.63) is 73.3 Å². The van der Waals surface area contributed by atoms with Gasteiger partial charge in [0.05, 0.1) is 18.0 Å². The molecule has 0 N–H and O–H groups in total. The summed E-state index contributed by atoms with van der Waals surface area (Å²) in [6, 6.07) is 16.5. The monoisotopic (exact) mass is 329 g/mol. The van der Waals surface area contributed by atoms with Gasteiger partial charge in [-0.05, 0) is 66.6 Å². The lowest BCUT2D eigenvalue weighted by Crippen LogP contribution is -2.05. The predicted molar refractivity (Wildman–Crippen MR) is 100 cm³/mol. The Labute approximate surface area is 146 Å². The number of benzene rings is 2. The van der Waals surface area contributed by atoms with Gasteiger partial charge in [-0.15, -0.1) is 0 Å². The highest BCUT2D eigenvalue weighted by atomic mass is 16.5. The van der Waals surface area contributed by atoms with Gasteiger partial charge in [0.1, 0.15) is 5.75 Å². The highest BCUT2D eigenvalue weighted by Gasteiger charge is 2.05. The molecule has 2 aromatic carbocycles. The third-order valence-electron chi connectivity index (χ3n) is 4.03. The van der Waals surface area contributed by atoms with E-state index in [1.807, 2.05) is 49.1 Å². The molecule has 2 heterocycles. The summed E-state index contributed by atoms with van der Waals surface area (Å²) in [6.07, 6.45) is 7.66. The van der Waals surface area contributed by atoms with Crippen LogP contribution in [0.1, 0.15) is 13.8 Å². The number of fused-ring (bicyclic) bond motifs is 1. The molecular weight excluding hydrogens is 310 g/mol. The molecule has 4 nitrogen and oxygen atoms in total. The lowest BCUT2D eigenvalue weighted by atomic mass is 10.1. The molecule has 0 spiro atoms. The molecule has 0 aliphatic carbocycles. The summed E-state index contributed by atoms with van der Waals surface area (Å²) in [5.41, 5.74) is 3.21. The van der Waals surface area contributed by atoms with E-state index in [9.17, 15) is 0 Å². The number of nitrogens with zero attached hydrogens (tertiary/aromatic N) is 3. The minimum absolute atomic E-state index is 0.174. The molecule has 0 fully saturated rings. The van der Waals surface area contributed by atoms with Crippen LogP contribution in [0.2, 0.25) is 0 Å². The highest BCUT2D eigenvalue weighted by molar-refractivity contribution is 5.85. The van der Waals surface area contributed by atoms with Crippen LogP contribution in [0.3, 0.4) is 0 Å². The van der Waals surface area contributed by atoms with Gasteiger partial charge >= 0.3 is 0 Å². The summed E-state index contributed by atoms with van der Waals surface area (Å²) >= 11 is 0. The maximum atomic E-state index is 5.77. The molecule has 0 saturated carbocycles. The molecule has 0 unspecified atom stereocenters. The molecule has 25 heavy (non-hydrogen) atoms. The van der Waals surface area contributed by atoms with Gasteiger partial charge in [0, 0.05) is 24.2 Å². The van der Waals surface area contributed by atoms with Crippen molar-refractivity contribution in [2.75, 3.05) is 0 Å². The van der Waals surface area contributed by atoms with Crippen molar-refractivity contribution in [1.29, 1.82) is 0 Å². The second-order valence-electron chi connectivity index (χ2n) is 6.27. The van der Waals surface area contributed by atoms with Crippen molar-refractivity contribution in [2.24, 2.45) is 0 Å². The van der Waals surface area contributed by atoms with Crippen molar-refractivity contribution in [3.8, 4) is 22.6 Å². The fraction of sp³-hybridized carbons (Fsp3) is 0.143.